The molecule has 1 aliphatic heterocycles. The maximum absolute atomic E-state index is 10.9. The molecule has 2 atom stereocenters. The molecule has 178 valence electrons. The fraction of sp³-hybridized carbons (Fsp3) is 0.400. The summed E-state index contributed by atoms with van der Waals surface area (Å²) in [4.78, 5) is 5.05. The van der Waals surface area contributed by atoms with Crippen LogP contribution in [0.4, 0.5) is 0 Å². The van der Waals surface area contributed by atoms with Gasteiger partial charge in [-0.2, -0.15) is 0 Å². The van der Waals surface area contributed by atoms with E-state index in [2.05, 4.69) is 88.7 Å². The molecule has 0 bridgehead atoms. The Labute approximate surface area is 203 Å². The molecule has 0 aromatic heterocycles. The van der Waals surface area contributed by atoms with Gasteiger partial charge in [-0.1, -0.05) is 84.9 Å². The lowest BCUT2D eigenvalue weighted by molar-refractivity contribution is 0.0286. The summed E-state index contributed by atoms with van der Waals surface area (Å²) in [7, 11) is 0. The first-order valence-corrected chi connectivity index (χ1v) is 12.7. The van der Waals surface area contributed by atoms with Crippen LogP contribution in [0.1, 0.15) is 40.9 Å². The second kappa shape index (κ2) is 11.3. The van der Waals surface area contributed by atoms with Crippen LogP contribution in [-0.2, 0) is 11.2 Å². The van der Waals surface area contributed by atoms with E-state index in [0.29, 0.717) is 12.5 Å². The average Bonchev–Trinajstić information content (AvgIpc) is 2.90. The number of aliphatic hydroxyl groups excluding tert-OH is 1. The fourth-order valence-electron chi connectivity index (χ4n) is 5.46. The topological polar surface area (TPSA) is 35.9 Å². The number of ether oxygens (including phenoxy) is 1. The summed E-state index contributed by atoms with van der Waals surface area (Å²) in [5.74, 6) is 0.335. The van der Waals surface area contributed by atoms with Crippen molar-refractivity contribution in [3.05, 3.63) is 107 Å². The molecule has 5 rings (SSSR count). The smallest absolute Gasteiger partial charge is 0.108 e. The molecular formula is C30H36N2O2. The fourth-order valence-corrected chi connectivity index (χ4v) is 5.46. The largest absolute Gasteiger partial charge is 0.388 e. The quantitative estimate of drug-likeness (QED) is 0.533. The lowest BCUT2D eigenvalue weighted by atomic mass is 9.81. The van der Waals surface area contributed by atoms with Crippen molar-refractivity contribution in [1.29, 1.82) is 0 Å². The van der Waals surface area contributed by atoms with E-state index in [4.69, 9.17) is 4.74 Å². The van der Waals surface area contributed by atoms with E-state index in [-0.39, 0.29) is 12.2 Å². The Bertz CT molecular complexity index is 979. The third-order valence-corrected chi connectivity index (χ3v) is 7.46. The number of benzene rings is 3. The van der Waals surface area contributed by atoms with Crippen molar-refractivity contribution in [1.82, 2.24) is 9.80 Å². The van der Waals surface area contributed by atoms with E-state index < -0.39 is 0 Å². The molecule has 1 fully saturated rings. The molecule has 1 unspecified atom stereocenters. The maximum atomic E-state index is 10.9. The first kappa shape index (κ1) is 23.3. The van der Waals surface area contributed by atoms with Gasteiger partial charge in [0.25, 0.3) is 0 Å². The summed E-state index contributed by atoms with van der Waals surface area (Å²) in [6, 6.07) is 29.4. The zero-order valence-electron chi connectivity index (χ0n) is 19.9. The van der Waals surface area contributed by atoms with Gasteiger partial charge in [-0.15, -0.1) is 0 Å². The standard InChI is InChI=1S/C30H36N2O2/c33-29-27(16-15-24-9-7-8-14-28(24)29)23-32-19-17-31(18-20-32)21-22-34-30(25-10-3-1-4-11-25)26-12-5-2-6-13-26/h1-14,27,29-30,33H,15-23H2/t27?,29-/m1/s1. The SMILES string of the molecule is O[C@H]1c2ccccc2CCC1CN1CCN(CCOC(c2ccccc2)c2ccccc2)CC1. The van der Waals surface area contributed by atoms with Crippen molar-refractivity contribution in [2.24, 2.45) is 5.92 Å². The van der Waals surface area contributed by atoms with Crippen LogP contribution in [0.25, 0.3) is 0 Å². The van der Waals surface area contributed by atoms with Gasteiger partial charge in [0.15, 0.2) is 0 Å². The van der Waals surface area contributed by atoms with Gasteiger partial charge in [-0.05, 0) is 35.1 Å². The summed E-state index contributed by atoms with van der Waals surface area (Å²) in [5.41, 5.74) is 4.86. The second-order valence-corrected chi connectivity index (χ2v) is 9.66. The van der Waals surface area contributed by atoms with Gasteiger partial charge >= 0.3 is 0 Å². The van der Waals surface area contributed by atoms with E-state index >= 15 is 0 Å². The summed E-state index contributed by atoms with van der Waals surface area (Å²) < 4.78 is 6.42. The summed E-state index contributed by atoms with van der Waals surface area (Å²) in [6.45, 7) is 6.89. The number of rotatable bonds is 8. The van der Waals surface area contributed by atoms with Gasteiger partial charge < -0.3 is 14.7 Å². The third-order valence-electron chi connectivity index (χ3n) is 7.46. The summed E-state index contributed by atoms with van der Waals surface area (Å²) in [6.07, 6.45) is 1.80. The number of aryl methyl sites for hydroxylation is 1. The molecule has 0 spiro atoms. The lowest BCUT2D eigenvalue weighted by Crippen LogP contribution is -2.49. The van der Waals surface area contributed by atoms with Gasteiger partial charge in [0.05, 0.1) is 12.7 Å². The Morgan fingerprint density at radius 1 is 0.765 bits per heavy atom. The van der Waals surface area contributed by atoms with Crippen LogP contribution in [0, 0.1) is 5.92 Å². The highest BCUT2D eigenvalue weighted by Crippen LogP contribution is 2.35. The minimum Gasteiger partial charge on any atom is -0.388 e. The number of aliphatic hydroxyl groups is 1. The van der Waals surface area contributed by atoms with Crippen molar-refractivity contribution < 1.29 is 9.84 Å². The molecule has 0 saturated carbocycles. The van der Waals surface area contributed by atoms with Crippen LogP contribution in [-0.4, -0.2) is 60.8 Å². The molecule has 0 amide bonds. The molecule has 1 heterocycles. The van der Waals surface area contributed by atoms with Crippen LogP contribution >= 0.6 is 0 Å². The predicted molar refractivity (Wildman–Crippen MR) is 137 cm³/mol. The monoisotopic (exact) mass is 456 g/mol. The maximum Gasteiger partial charge on any atom is 0.108 e. The Kier molecular flexibility index (Phi) is 7.72. The number of hydrogen-bond acceptors (Lipinski definition) is 4. The van der Waals surface area contributed by atoms with Gasteiger partial charge in [0.1, 0.15) is 6.10 Å². The van der Waals surface area contributed by atoms with Crippen molar-refractivity contribution in [3.8, 4) is 0 Å². The molecule has 2 aliphatic rings. The molecule has 3 aromatic rings. The van der Waals surface area contributed by atoms with Crippen molar-refractivity contribution in [2.75, 3.05) is 45.9 Å². The molecule has 4 heteroatoms. The van der Waals surface area contributed by atoms with Gasteiger partial charge in [0.2, 0.25) is 0 Å². The molecule has 1 aliphatic carbocycles. The van der Waals surface area contributed by atoms with E-state index in [9.17, 15) is 5.11 Å². The van der Waals surface area contributed by atoms with Crippen LogP contribution in [0.5, 0.6) is 0 Å². The highest BCUT2D eigenvalue weighted by molar-refractivity contribution is 5.32. The van der Waals surface area contributed by atoms with Gasteiger partial charge in [0, 0.05) is 45.2 Å². The normalized spacial score (nSPS) is 21.5. The van der Waals surface area contributed by atoms with E-state index in [0.717, 1.165) is 57.7 Å². The minimum absolute atomic E-state index is 0.0284. The Morgan fingerprint density at radius 3 is 2.03 bits per heavy atom. The molecular weight excluding hydrogens is 420 g/mol. The zero-order chi connectivity index (χ0) is 23.2. The van der Waals surface area contributed by atoms with Crippen LogP contribution < -0.4 is 0 Å². The molecule has 3 aromatic carbocycles. The summed E-state index contributed by atoms with van der Waals surface area (Å²) >= 11 is 0. The van der Waals surface area contributed by atoms with Crippen LogP contribution in [0.15, 0.2) is 84.9 Å². The summed E-state index contributed by atoms with van der Waals surface area (Å²) in [5, 5.41) is 10.9. The average molecular weight is 457 g/mol. The highest BCUT2D eigenvalue weighted by atomic mass is 16.5. The highest BCUT2D eigenvalue weighted by Gasteiger charge is 2.30. The first-order valence-electron chi connectivity index (χ1n) is 12.7. The predicted octanol–water partition coefficient (Wildman–Crippen LogP) is 4.71. The number of piperazine rings is 1. The third kappa shape index (κ3) is 5.59. The Morgan fingerprint density at radius 2 is 1.35 bits per heavy atom. The zero-order valence-corrected chi connectivity index (χ0v) is 19.9. The molecule has 4 nitrogen and oxygen atoms in total. The first-order chi connectivity index (χ1) is 16.8. The molecule has 0 radical (unpaired) electrons. The Hall–Kier alpha value is -2.50. The number of fused-ring (bicyclic) bond motifs is 1. The molecule has 1 saturated heterocycles. The number of hydrogen-bond donors (Lipinski definition) is 1. The Balaban J connectivity index is 1.09. The van der Waals surface area contributed by atoms with Gasteiger partial charge in [-0.25, -0.2) is 0 Å². The van der Waals surface area contributed by atoms with Crippen molar-refractivity contribution in [2.45, 2.75) is 25.0 Å². The molecule has 1 N–H and O–H groups in total. The van der Waals surface area contributed by atoms with E-state index in [1.165, 1.54) is 16.7 Å². The lowest BCUT2D eigenvalue weighted by Gasteiger charge is -2.39. The minimum atomic E-state index is -0.329. The van der Waals surface area contributed by atoms with E-state index in [1.54, 1.807) is 0 Å². The van der Waals surface area contributed by atoms with Crippen molar-refractivity contribution >= 4 is 0 Å². The second-order valence-electron chi connectivity index (χ2n) is 9.66. The van der Waals surface area contributed by atoms with E-state index in [1.807, 2.05) is 6.07 Å². The molecule has 34 heavy (non-hydrogen) atoms. The van der Waals surface area contributed by atoms with Gasteiger partial charge in [-0.3, -0.25) is 4.90 Å². The van der Waals surface area contributed by atoms with Crippen LogP contribution in [0.3, 0.4) is 0 Å². The van der Waals surface area contributed by atoms with Crippen molar-refractivity contribution in [3.63, 3.8) is 0 Å². The number of nitrogens with zero attached hydrogens (tertiary/aromatic N) is 2. The van der Waals surface area contributed by atoms with Crippen LogP contribution in [0.2, 0.25) is 0 Å².